The van der Waals surface area contributed by atoms with Crippen LogP contribution in [-0.2, 0) is 7.05 Å². The second kappa shape index (κ2) is 3.75. The molecule has 2 rings (SSSR count). The highest BCUT2D eigenvalue weighted by Crippen LogP contribution is 2.20. The Kier molecular flexibility index (Phi) is 2.55. The summed E-state index contributed by atoms with van der Waals surface area (Å²) in [6.45, 7) is 1.91. The summed E-state index contributed by atoms with van der Waals surface area (Å²) in [6, 6.07) is 3.59. The van der Waals surface area contributed by atoms with Crippen LogP contribution in [0.25, 0.3) is 10.9 Å². The Hall–Kier alpha value is -1.62. The molecule has 84 valence electrons. The molecule has 1 aromatic carbocycles. The molecule has 0 saturated carbocycles. The van der Waals surface area contributed by atoms with Gasteiger partial charge in [0.15, 0.2) is 4.77 Å². The number of aromatic amines is 1. The normalized spacial score (nSPS) is 10.7. The fourth-order valence-corrected chi connectivity index (χ4v) is 1.86. The number of ether oxygens (including phenoxy) is 1. The quantitative estimate of drug-likeness (QED) is 0.769. The van der Waals surface area contributed by atoms with E-state index in [1.165, 1.54) is 4.57 Å². The number of rotatable bonds is 1. The van der Waals surface area contributed by atoms with E-state index < -0.39 is 0 Å². The molecule has 1 heterocycles. The van der Waals surface area contributed by atoms with E-state index in [2.05, 4.69) is 4.98 Å². The fourth-order valence-electron chi connectivity index (χ4n) is 1.67. The van der Waals surface area contributed by atoms with Gasteiger partial charge in [0.2, 0.25) is 0 Å². The van der Waals surface area contributed by atoms with E-state index in [1.807, 2.05) is 13.0 Å². The lowest BCUT2D eigenvalue weighted by molar-refractivity contribution is 0.415. The molecule has 0 aliphatic carbocycles. The van der Waals surface area contributed by atoms with Gasteiger partial charge in [0.1, 0.15) is 5.75 Å². The number of fused-ring (bicyclic) bond motifs is 1. The Morgan fingerprint density at radius 2 is 2.12 bits per heavy atom. The summed E-state index contributed by atoms with van der Waals surface area (Å²) in [7, 11) is 3.23. The van der Waals surface area contributed by atoms with Gasteiger partial charge < -0.3 is 9.72 Å². The minimum absolute atomic E-state index is 0.110. The topological polar surface area (TPSA) is 47.0 Å². The molecule has 0 saturated heterocycles. The molecule has 0 fully saturated rings. The highest BCUT2D eigenvalue weighted by Gasteiger charge is 2.07. The Bertz CT molecular complexity index is 670. The van der Waals surface area contributed by atoms with Crippen molar-refractivity contribution in [3.05, 3.63) is 32.8 Å². The van der Waals surface area contributed by atoms with Gasteiger partial charge >= 0.3 is 0 Å². The first kappa shape index (κ1) is 10.9. The first-order valence-electron chi connectivity index (χ1n) is 4.82. The third-order valence-corrected chi connectivity index (χ3v) is 2.99. The predicted molar refractivity (Wildman–Crippen MR) is 65.7 cm³/mol. The van der Waals surface area contributed by atoms with Crippen molar-refractivity contribution >= 4 is 23.1 Å². The van der Waals surface area contributed by atoms with Crippen LogP contribution in [0.5, 0.6) is 5.75 Å². The van der Waals surface area contributed by atoms with Gasteiger partial charge in [0, 0.05) is 7.05 Å². The summed E-state index contributed by atoms with van der Waals surface area (Å²) in [5.74, 6) is 0.674. The highest BCUT2D eigenvalue weighted by molar-refractivity contribution is 7.71. The van der Waals surface area contributed by atoms with Crippen LogP contribution < -0.4 is 10.3 Å². The molecular weight excluding hydrogens is 224 g/mol. The van der Waals surface area contributed by atoms with Gasteiger partial charge in [0.05, 0.1) is 18.0 Å². The molecule has 2 aromatic rings. The lowest BCUT2D eigenvalue weighted by atomic mass is 10.1. The fraction of sp³-hybridized carbons (Fsp3) is 0.273. The number of aromatic nitrogens is 2. The predicted octanol–water partition coefficient (Wildman–Crippen LogP) is 1.91. The highest BCUT2D eigenvalue weighted by atomic mass is 32.1. The van der Waals surface area contributed by atoms with E-state index in [0.717, 1.165) is 11.1 Å². The zero-order chi connectivity index (χ0) is 11.9. The smallest absolute Gasteiger partial charge is 0.262 e. The van der Waals surface area contributed by atoms with Crippen LogP contribution in [0.4, 0.5) is 0 Å². The van der Waals surface area contributed by atoms with E-state index in [1.54, 1.807) is 20.2 Å². The Balaban J connectivity index is 3.02. The van der Waals surface area contributed by atoms with Crippen LogP contribution in [0.3, 0.4) is 0 Å². The van der Waals surface area contributed by atoms with Crippen LogP contribution in [0.15, 0.2) is 16.9 Å². The maximum absolute atomic E-state index is 12.0. The van der Waals surface area contributed by atoms with E-state index >= 15 is 0 Å². The minimum Gasteiger partial charge on any atom is -0.497 e. The van der Waals surface area contributed by atoms with Gasteiger partial charge in [-0.1, -0.05) is 0 Å². The molecule has 0 amide bonds. The third kappa shape index (κ3) is 1.53. The zero-order valence-electron chi connectivity index (χ0n) is 9.33. The van der Waals surface area contributed by atoms with Crippen molar-refractivity contribution in [3.8, 4) is 5.75 Å². The number of aryl methyl sites for hydroxylation is 1. The second-order valence-corrected chi connectivity index (χ2v) is 4.05. The molecule has 0 atom stereocenters. The number of methoxy groups -OCH3 is 1. The molecule has 4 nitrogen and oxygen atoms in total. The average Bonchev–Trinajstić information content (AvgIpc) is 2.27. The van der Waals surface area contributed by atoms with E-state index in [-0.39, 0.29) is 5.56 Å². The van der Waals surface area contributed by atoms with Gasteiger partial charge in [-0.05, 0) is 36.8 Å². The summed E-state index contributed by atoms with van der Waals surface area (Å²) in [6.07, 6.45) is 0. The Labute approximate surface area is 97.5 Å². The first-order chi connectivity index (χ1) is 7.54. The molecule has 1 N–H and O–H groups in total. The molecule has 0 bridgehead atoms. The van der Waals surface area contributed by atoms with Crippen LogP contribution in [-0.4, -0.2) is 16.7 Å². The van der Waals surface area contributed by atoms with Crippen molar-refractivity contribution in [2.24, 2.45) is 7.05 Å². The molecule has 1 aromatic heterocycles. The van der Waals surface area contributed by atoms with E-state index in [9.17, 15) is 4.79 Å². The SMILES string of the molecule is COc1cc(C)c2[nH]c(=S)n(C)c(=O)c2c1. The summed E-state index contributed by atoms with van der Waals surface area (Å²) in [4.78, 5) is 15.0. The summed E-state index contributed by atoms with van der Waals surface area (Å²) >= 11 is 5.07. The molecular formula is C11H12N2O2S. The van der Waals surface area contributed by atoms with Crippen LogP contribution in [0.1, 0.15) is 5.56 Å². The molecule has 5 heteroatoms. The number of hydrogen-bond acceptors (Lipinski definition) is 3. The number of H-pyrrole nitrogens is 1. The van der Waals surface area contributed by atoms with Gasteiger partial charge in [-0.2, -0.15) is 0 Å². The monoisotopic (exact) mass is 236 g/mol. The van der Waals surface area contributed by atoms with Crippen LogP contribution in [0, 0.1) is 11.7 Å². The number of nitrogens with one attached hydrogen (secondary N) is 1. The third-order valence-electron chi connectivity index (χ3n) is 2.62. The van der Waals surface area contributed by atoms with Gasteiger partial charge in [-0.3, -0.25) is 9.36 Å². The van der Waals surface area contributed by atoms with Crippen molar-refractivity contribution in [2.75, 3.05) is 7.11 Å². The molecule has 0 unspecified atom stereocenters. The first-order valence-corrected chi connectivity index (χ1v) is 5.23. The van der Waals surface area contributed by atoms with Crippen molar-refractivity contribution in [3.63, 3.8) is 0 Å². The zero-order valence-corrected chi connectivity index (χ0v) is 10.1. The Morgan fingerprint density at radius 1 is 1.44 bits per heavy atom. The van der Waals surface area contributed by atoms with Crippen LogP contribution >= 0.6 is 12.2 Å². The van der Waals surface area contributed by atoms with Crippen molar-refractivity contribution in [2.45, 2.75) is 6.92 Å². The van der Waals surface area contributed by atoms with Gasteiger partial charge in [-0.15, -0.1) is 0 Å². The van der Waals surface area contributed by atoms with Crippen LogP contribution in [0.2, 0.25) is 0 Å². The molecule has 0 spiro atoms. The maximum Gasteiger partial charge on any atom is 0.262 e. The lowest BCUT2D eigenvalue weighted by Gasteiger charge is -2.07. The second-order valence-electron chi connectivity index (χ2n) is 3.66. The molecule has 0 aliphatic rings. The Morgan fingerprint density at radius 3 is 2.75 bits per heavy atom. The number of nitrogens with zero attached hydrogens (tertiary/aromatic N) is 1. The van der Waals surface area contributed by atoms with Crippen molar-refractivity contribution < 1.29 is 4.74 Å². The minimum atomic E-state index is -0.110. The van der Waals surface area contributed by atoms with E-state index in [4.69, 9.17) is 17.0 Å². The van der Waals surface area contributed by atoms with Crippen molar-refractivity contribution in [1.29, 1.82) is 0 Å². The molecule has 0 aliphatic heterocycles. The van der Waals surface area contributed by atoms with Gasteiger partial charge in [-0.25, -0.2) is 0 Å². The largest absolute Gasteiger partial charge is 0.497 e. The summed E-state index contributed by atoms with van der Waals surface area (Å²) < 4.78 is 6.98. The van der Waals surface area contributed by atoms with Gasteiger partial charge in [0.25, 0.3) is 5.56 Å². The summed E-state index contributed by atoms with van der Waals surface area (Å²) in [5.41, 5.74) is 1.60. The van der Waals surface area contributed by atoms with Crippen molar-refractivity contribution in [1.82, 2.24) is 9.55 Å². The lowest BCUT2D eigenvalue weighted by Crippen LogP contribution is -2.19. The number of hydrogen-bond donors (Lipinski definition) is 1. The number of benzene rings is 1. The summed E-state index contributed by atoms with van der Waals surface area (Å²) in [5, 5.41) is 0.591. The average molecular weight is 236 g/mol. The van der Waals surface area contributed by atoms with E-state index in [0.29, 0.717) is 15.9 Å². The standard InChI is InChI=1S/C11H12N2O2S/c1-6-4-7(15-3)5-8-9(6)12-11(16)13(2)10(8)14/h4-5H,1-3H3,(H,12,16). The molecule has 0 radical (unpaired) electrons. The maximum atomic E-state index is 12.0. The molecule has 16 heavy (non-hydrogen) atoms.